The van der Waals surface area contributed by atoms with E-state index in [0.717, 1.165) is 49.3 Å². The molecule has 1 saturated heterocycles. The van der Waals surface area contributed by atoms with E-state index in [1.54, 1.807) is 6.07 Å². The van der Waals surface area contributed by atoms with Crippen LogP contribution in [-0.2, 0) is 28.7 Å². The Morgan fingerprint density at radius 3 is 2.46 bits per heavy atom. The highest BCUT2D eigenvalue weighted by molar-refractivity contribution is 6.39. The summed E-state index contributed by atoms with van der Waals surface area (Å²) in [4.78, 5) is 40.9. The summed E-state index contributed by atoms with van der Waals surface area (Å²) in [6, 6.07) is 18.4. The lowest BCUT2D eigenvalue weighted by molar-refractivity contribution is -0.137. The van der Waals surface area contributed by atoms with Gasteiger partial charge in [0.05, 0.1) is 11.3 Å². The number of hydrogen-bond acceptors (Lipinski definition) is 4. The second-order valence-corrected chi connectivity index (χ2v) is 8.90. The molecule has 0 atom stereocenters. The van der Waals surface area contributed by atoms with Crippen LogP contribution in [0.15, 0.2) is 78.4 Å². The number of carbonyl (C=O) groups is 3. The minimum atomic E-state index is -4.66. The summed E-state index contributed by atoms with van der Waals surface area (Å²) in [5.41, 5.74) is 2.26. The standard InChI is InChI=1S/C28H22F3N3O3/c29-28(30,31)21-9-4-10-22(16-21)34-26(36)23(25(35)32-27(34)37)15-19-11-12-24-20(14-19)8-5-13-33(24)17-18-6-2-1-3-7-18/h1-4,6-7,9-12,14-16H,5,8,13,17H2,(H,32,35,37)/b23-15+. The third-order valence-electron chi connectivity index (χ3n) is 6.38. The number of rotatable bonds is 4. The molecule has 0 aliphatic carbocycles. The SMILES string of the molecule is O=C1NC(=O)N(c2cccc(C(F)(F)F)c2)C(=O)/C1=C/c1ccc2c(c1)CCCN2Cc1ccccc1. The van der Waals surface area contributed by atoms with Gasteiger partial charge in [-0.05, 0) is 65.9 Å². The lowest BCUT2D eigenvalue weighted by atomic mass is 9.97. The predicted octanol–water partition coefficient (Wildman–Crippen LogP) is 5.32. The van der Waals surface area contributed by atoms with Crippen molar-refractivity contribution in [2.45, 2.75) is 25.6 Å². The van der Waals surface area contributed by atoms with Gasteiger partial charge < -0.3 is 4.90 Å². The number of imide groups is 2. The number of urea groups is 1. The van der Waals surface area contributed by atoms with Crippen molar-refractivity contribution in [2.75, 3.05) is 16.3 Å². The number of carbonyl (C=O) groups excluding carboxylic acids is 3. The predicted molar refractivity (Wildman–Crippen MR) is 133 cm³/mol. The average molecular weight is 505 g/mol. The molecule has 3 aromatic rings. The number of hydrogen-bond donors (Lipinski definition) is 1. The average Bonchev–Trinajstić information content (AvgIpc) is 2.87. The smallest absolute Gasteiger partial charge is 0.367 e. The van der Waals surface area contributed by atoms with Gasteiger partial charge in [-0.3, -0.25) is 14.9 Å². The lowest BCUT2D eigenvalue weighted by Gasteiger charge is -2.32. The second kappa shape index (κ2) is 9.57. The molecule has 4 amide bonds. The molecule has 1 fully saturated rings. The number of fused-ring (bicyclic) bond motifs is 1. The molecule has 0 saturated carbocycles. The van der Waals surface area contributed by atoms with Gasteiger partial charge in [0.2, 0.25) is 0 Å². The summed E-state index contributed by atoms with van der Waals surface area (Å²) in [6.45, 7) is 1.65. The number of anilines is 2. The van der Waals surface area contributed by atoms with Crippen LogP contribution < -0.4 is 15.1 Å². The molecule has 0 aromatic heterocycles. The van der Waals surface area contributed by atoms with E-state index in [0.29, 0.717) is 16.5 Å². The Balaban J connectivity index is 1.44. The van der Waals surface area contributed by atoms with Gasteiger partial charge in [0.25, 0.3) is 11.8 Å². The number of aryl methyl sites for hydroxylation is 1. The van der Waals surface area contributed by atoms with Crippen molar-refractivity contribution in [3.8, 4) is 0 Å². The zero-order valence-corrected chi connectivity index (χ0v) is 19.6. The topological polar surface area (TPSA) is 69.7 Å². The molecule has 1 N–H and O–H groups in total. The molecule has 2 heterocycles. The molecule has 5 rings (SSSR count). The third kappa shape index (κ3) is 4.97. The highest BCUT2D eigenvalue weighted by Crippen LogP contribution is 2.33. The van der Waals surface area contributed by atoms with Gasteiger partial charge in [-0.25, -0.2) is 9.69 Å². The Morgan fingerprint density at radius 2 is 1.70 bits per heavy atom. The first kappa shape index (κ1) is 24.3. The van der Waals surface area contributed by atoms with E-state index < -0.39 is 29.6 Å². The van der Waals surface area contributed by atoms with Crippen LogP contribution in [0.2, 0.25) is 0 Å². The molecule has 0 radical (unpaired) electrons. The third-order valence-corrected chi connectivity index (χ3v) is 6.38. The van der Waals surface area contributed by atoms with Crippen molar-refractivity contribution < 1.29 is 27.6 Å². The first-order valence-electron chi connectivity index (χ1n) is 11.7. The highest BCUT2D eigenvalue weighted by Gasteiger charge is 2.38. The number of barbiturate groups is 1. The molecular weight excluding hydrogens is 483 g/mol. The molecule has 188 valence electrons. The summed E-state index contributed by atoms with van der Waals surface area (Å²) in [5, 5.41) is 2.05. The normalized spacial score (nSPS) is 17.2. The summed E-state index contributed by atoms with van der Waals surface area (Å²) in [7, 11) is 0. The number of halogens is 3. The molecule has 9 heteroatoms. The minimum absolute atomic E-state index is 0.280. The second-order valence-electron chi connectivity index (χ2n) is 8.90. The maximum Gasteiger partial charge on any atom is 0.416 e. The zero-order valence-electron chi connectivity index (χ0n) is 19.6. The van der Waals surface area contributed by atoms with Crippen molar-refractivity contribution >= 4 is 35.3 Å². The summed E-state index contributed by atoms with van der Waals surface area (Å²) in [5.74, 6) is -1.89. The van der Waals surface area contributed by atoms with Gasteiger partial charge in [0, 0.05) is 18.8 Å². The molecule has 2 aliphatic heterocycles. The minimum Gasteiger partial charge on any atom is -0.367 e. The van der Waals surface area contributed by atoms with Crippen LogP contribution >= 0.6 is 0 Å². The fraction of sp³-hybridized carbons (Fsp3) is 0.179. The first-order chi connectivity index (χ1) is 17.7. The van der Waals surface area contributed by atoms with Crippen LogP contribution in [0.25, 0.3) is 6.08 Å². The molecule has 3 aromatic carbocycles. The van der Waals surface area contributed by atoms with E-state index in [1.165, 1.54) is 17.7 Å². The maximum absolute atomic E-state index is 13.2. The van der Waals surface area contributed by atoms with Crippen LogP contribution in [0.1, 0.15) is 28.7 Å². The van der Waals surface area contributed by atoms with Crippen LogP contribution in [0, 0.1) is 0 Å². The quantitative estimate of drug-likeness (QED) is 0.385. The molecule has 2 aliphatic rings. The van der Waals surface area contributed by atoms with E-state index in [-0.39, 0.29) is 11.3 Å². The van der Waals surface area contributed by atoms with Gasteiger partial charge in [0.15, 0.2) is 0 Å². The van der Waals surface area contributed by atoms with Gasteiger partial charge >= 0.3 is 12.2 Å². The number of amides is 4. The monoisotopic (exact) mass is 505 g/mol. The Hall–Kier alpha value is -4.40. The Bertz CT molecular complexity index is 1420. The molecule has 0 bridgehead atoms. The molecule has 0 unspecified atom stereocenters. The van der Waals surface area contributed by atoms with Crippen LogP contribution in [0.4, 0.5) is 29.3 Å². The Morgan fingerprint density at radius 1 is 0.919 bits per heavy atom. The number of alkyl halides is 3. The largest absolute Gasteiger partial charge is 0.416 e. The van der Waals surface area contributed by atoms with Gasteiger partial charge in [0.1, 0.15) is 5.57 Å². The first-order valence-corrected chi connectivity index (χ1v) is 11.7. The summed E-state index contributed by atoms with van der Waals surface area (Å²) < 4.78 is 39.5. The maximum atomic E-state index is 13.2. The Labute approximate surface area is 211 Å². The molecular formula is C28H22F3N3O3. The van der Waals surface area contributed by atoms with Crippen LogP contribution in [0.3, 0.4) is 0 Å². The van der Waals surface area contributed by atoms with E-state index in [4.69, 9.17) is 0 Å². The van der Waals surface area contributed by atoms with Crippen molar-refractivity contribution in [3.05, 3.63) is 101 Å². The zero-order chi connectivity index (χ0) is 26.2. The van der Waals surface area contributed by atoms with Crippen LogP contribution in [-0.4, -0.2) is 24.4 Å². The van der Waals surface area contributed by atoms with Gasteiger partial charge in [-0.1, -0.05) is 42.5 Å². The summed E-state index contributed by atoms with van der Waals surface area (Å²) >= 11 is 0. The van der Waals surface area contributed by atoms with Gasteiger partial charge in [-0.2, -0.15) is 13.2 Å². The van der Waals surface area contributed by atoms with Crippen molar-refractivity contribution in [1.29, 1.82) is 0 Å². The highest BCUT2D eigenvalue weighted by atomic mass is 19.4. The fourth-order valence-corrected chi connectivity index (χ4v) is 4.63. The molecule has 6 nitrogen and oxygen atoms in total. The van der Waals surface area contributed by atoms with Gasteiger partial charge in [-0.15, -0.1) is 0 Å². The number of nitrogens with zero attached hydrogens (tertiary/aromatic N) is 2. The van der Waals surface area contributed by atoms with E-state index >= 15 is 0 Å². The molecule has 37 heavy (non-hydrogen) atoms. The molecule has 0 spiro atoms. The van der Waals surface area contributed by atoms with Crippen molar-refractivity contribution in [3.63, 3.8) is 0 Å². The summed E-state index contributed by atoms with van der Waals surface area (Å²) in [6.07, 6.45) is -1.53. The fourth-order valence-electron chi connectivity index (χ4n) is 4.63. The van der Waals surface area contributed by atoms with E-state index in [9.17, 15) is 27.6 Å². The van der Waals surface area contributed by atoms with Crippen molar-refractivity contribution in [2.24, 2.45) is 0 Å². The van der Waals surface area contributed by atoms with Crippen LogP contribution in [0.5, 0.6) is 0 Å². The number of nitrogens with one attached hydrogen (secondary N) is 1. The number of benzene rings is 3. The van der Waals surface area contributed by atoms with E-state index in [2.05, 4.69) is 22.3 Å². The van der Waals surface area contributed by atoms with Crippen molar-refractivity contribution in [1.82, 2.24) is 5.32 Å². The van der Waals surface area contributed by atoms with E-state index in [1.807, 2.05) is 30.3 Å². The Kier molecular flexibility index (Phi) is 6.29. The lowest BCUT2D eigenvalue weighted by Crippen LogP contribution is -2.54.